The number of carboxylic acid groups (broad SMARTS) is 1. The van der Waals surface area contributed by atoms with Crippen molar-refractivity contribution in [2.24, 2.45) is 7.05 Å². The predicted molar refractivity (Wildman–Crippen MR) is 83.6 cm³/mol. The SMILES string of the molecule is Cc1c2c(cc(Br)c1-c1cc(C(=O)O)nn1C)OCCCO2. The van der Waals surface area contributed by atoms with Crippen LogP contribution in [0.3, 0.4) is 0 Å². The first-order chi connectivity index (χ1) is 10.5. The van der Waals surface area contributed by atoms with E-state index in [0.717, 1.165) is 22.0 Å². The summed E-state index contributed by atoms with van der Waals surface area (Å²) in [7, 11) is 1.72. The molecule has 0 amide bonds. The number of aromatic nitrogens is 2. The Hall–Kier alpha value is -2.02. The van der Waals surface area contributed by atoms with Gasteiger partial charge >= 0.3 is 5.97 Å². The lowest BCUT2D eigenvalue weighted by Gasteiger charge is -2.16. The number of aromatic carboxylic acids is 1. The highest BCUT2D eigenvalue weighted by Gasteiger charge is 2.22. The van der Waals surface area contributed by atoms with Crippen molar-refractivity contribution in [1.82, 2.24) is 9.78 Å². The van der Waals surface area contributed by atoms with Crippen LogP contribution in [0.5, 0.6) is 11.5 Å². The molecule has 0 aliphatic carbocycles. The molecule has 2 heterocycles. The van der Waals surface area contributed by atoms with Gasteiger partial charge in [0.25, 0.3) is 0 Å². The van der Waals surface area contributed by atoms with E-state index in [1.807, 2.05) is 13.0 Å². The highest BCUT2D eigenvalue weighted by atomic mass is 79.9. The van der Waals surface area contributed by atoms with Gasteiger partial charge < -0.3 is 14.6 Å². The van der Waals surface area contributed by atoms with E-state index in [9.17, 15) is 4.79 Å². The maximum atomic E-state index is 11.1. The Bertz CT molecular complexity index is 754. The van der Waals surface area contributed by atoms with Crippen LogP contribution in [-0.4, -0.2) is 34.1 Å². The van der Waals surface area contributed by atoms with Gasteiger partial charge in [-0.15, -0.1) is 0 Å². The quantitative estimate of drug-likeness (QED) is 0.883. The van der Waals surface area contributed by atoms with Crippen LogP contribution in [0, 0.1) is 6.92 Å². The van der Waals surface area contributed by atoms with Gasteiger partial charge in [-0.25, -0.2) is 4.79 Å². The van der Waals surface area contributed by atoms with Crippen molar-refractivity contribution in [3.05, 3.63) is 27.9 Å². The molecule has 22 heavy (non-hydrogen) atoms. The summed E-state index contributed by atoms with van der Waals surface area (Å²) in [5.74, 6) is 0.352. The van der Waals surface area contributed by atoms with Crippen molar-refractivity contribution < 1.29 is 19.4 Å². The molecule has 0 fully saturated rings. The standard InChI is InChI=1S/C15H15BrN2O4/c1-8-13(11-7-10(15(19)20)17-18(11)2)9(16)6-12-14(8)22-5-3-4-21-12/h6-7H,3-5H2,1-2H3,(H,19,20). The smallest absolute Gasteiger partial charge is 0.356 e. The minimum Gasteiger partial charge on any atom is -0.490 e. The molecule has 2 aromatic rings. The number of halogens is 1. The maximum Gasteiger partial charge on any atom is 0.356 e. The minimum absolute atomic E-state index is 0.0101. The topological polar surface area (TPSA) is 73.6 Å². The third-order valence-corrected chi connectivity index (χ3v) is 4.21. The van der Waals surface area contributed by atoms with E-state index in [-0.39, 0.29) is 5.69 Å². The molecule has 0 atom stereocenters. The second-order valence-electron chi connectivity index (χ2n) is 5.08. The first-order valence-electron chi connectivity index (χ1n) is 6.85. The number of carboxylic acids is 1. The van der Waals surface area contributed by atoms with Crippen molar-refractivity contribution in [1.29, 1.82) is 0 Å². The fraction of sp³-hybridized carbons (Fsp3) is 0.333. The molecule has 3 rings (SSSR count). The van der Waals surface area contributed by atoms with E-state index in [2.05, 4.69) is 21.0 Å². The van der Waals surface area contributed by atoms with Gasteiger partial charge in [0.1, 0.15) is 0 Å². The molecular formula is C15H15BrN2O4. The molecule has 116 valence electrons. The zero-order valence-corrected chi connectivity index (χ0v) is 13.8. The molecule has 1 aliphatic rings. The van der Waals surface area contributed by atoms with Crippen molar-refractivity contribution in [3.8, 4) is 22.8 Å². The van der Waals surface area contributed by atoms with Crippen LogP contribution in [0.15, 0.2) is 16.6 Å². The fourth-order valence-corrected chi connectivity index (χ4v) is 3.26. The third kappa shape index (κ3) is 2.45. The molecular weight excluding hydrogens is 352 g/mol. The average molecular weight is 367 g/mol. The first-order valence-corrected chi connectivity index (χ1v) is 7.64. The summed E-state index contributed by atoms with van der Waals surface area (Å²) in [5.41, 5.74) is 2.46. The van der Waals surface area contributed by atoms with Crippen LogP contribution < -0.4 is 9.47 Å². The Morgan fingerprint density at radius 1 is 1.36 bits per heavy atom. The number of fused-ring (bicyclic) bond motifs is 1. The Balaban J connectivity index is 2.19. The molecule has 0 unspecified atom stereocenters. The number of nitrogens with zero attached hydrogens (tertiary/aromatic N) is 2. The number of benzene rings is 1. The summed E-state index contributed by atoms with van der Waals surface area (Å²) in [6.45, 7) is 3.15. The van der Waals surface area contributed by atoms with E-state index in [1.165, 1.54) is 0 Å². The molecule has 1 aromatic carbocycles. The highest BCUT2D eigenvalue weighted by Crippen LogP contribution is 2.43. The predicted octanol–water partition coefficient (Wildman–Crippen LogP) is 3.02. The lowest BCUT2D eigenvalue weighted by Crippen LogP contribution is -2.01. The van der Waals surface area contributed by atoms with Crippen molar-refractivity contribution >= 4 is 21.9 Å². The van der Waals surface area contributed by atoms with Crippen LogP contribution in [0.4, 0.5) is 0 Å². The molecule has 1 N–H and O–H groups in total. The van der Waals surface area contributed by atoms with E-state index in [4.69, 9.17) is 14.6 Å². The molecule has 0 radical (unpaired) electrons. The first kappa shape index (κ1) is 14.9. The van der Waals surface area contributed by atoms with Gasteiger partial charge in [0.05, 0.1) is 18.9 Å². The number of rotatable bonds is 2. The van der Waals surface area contributed by atoms with Gasteiger partial charge in [0.2, 0.25) is 0 Å². The molecule has 6 nitrogen and oxygen atoms in total. The molecule has 1 aliphatic heterocycles. The van der Waals surface area contributed by atoms with Gasteiger partial charge in [-0.05, 0) is 35.0 Å². The summed E-state index contributed by atoms with van der Waals surface area (Å²) in [6, 6.07) is 3.41. The van der Waals surface area contributed by atoms with E-state index < -0.39 is 5.97 Å². The number of hydrogen-bond donors (Lipinski definition) is 1. The normalized spacial score (nSPS) is 13.8. The van der Waals surface area contributed by atoms with Crippen molar-refractivity contribution in [2.45, 2.75) is 13.3 Å². The second kappa shape index (κ2) is 5.64. The largest absolute Gasteiger partial charge is 0.490 e. The molecule has 1 aromatic heterocycles. The van der Waals surface area contributed by atoms with E-state index in [0.29, 0.717) is 30.4 Å². The van der Waals surface area contributed by atoms with Crippen LogP contribution in [0.2, 0.25) is 0 Å². The van der Waals surface area contributed by atoms with Crippen LogP contribution in [0.25, 0.3) is 11.3 Å². The van der Waals surface area contributed by atoms with Crippen LogP contribution in [0.1, 0.15) is 22.5 Å². The number of hydrogen-bond acceptors (Lipinski definition) is 4. The summed E-state index contributed by atoms with van der Waals surface area (Å²) < 4.78 is 13.9. The number of carbonyl (C=O) groups is 1. The molecule has 0 bridgehead atoms. The Kier molecular flexibility index (Phi) is 3.82. The Morgan fingerprint density at radius 3 is 2.77 bits per heavy atom. The zero-order valence-electron chi connectivity index (χ0n) is 12.2. The summed E-state index contributed by atoms with van der Waals surface area (Å²) in [5, 5.41) is 13.1. The highest BCUT2D eigenvalue weighted by molar-refractivity contribution is 9.10. The molecule has 0 saturated carbocycles. The second-order valence-corrected chi connectivity index (χ2v) is 5.93. The molecule has 0 saturated heterocycles. The number of ether oxygens (including phenoxy) is 2. The van der Waals surface area contributed by atoms with Gasteiger partial charge in [0, 0.05) is 29.1 Å². The fourth-order valence-electron chi connectivity index (χ4n) is 2.55. The van der Waals surface area contributed by atoms with Gasteiger partial charge in [0.15, 0.2) is 17.2 Å². The monoisotopic (exact) mass is 366 g/mol. The average Bonchev–Trinajstić information content (AvgIpc) is 2.69. The van der Waals surface area contributed by atoms with E-state index in [1.54, 1.807) is 17.8 Å². The van der Waals surface area contributed by atoms with Gasteiger partial charge in [-0.2, -0.15) is 5.10 Å². The van der Waals surface area contributed by atoms with Gasteiger partial charge in [-0.3, -0.25) is 4.68 Å². The maximum absolute atomic E-state index is 11.1. The van der Waals surface area contributed by atoms with E-state index >= 15 is 0 Å². The zero-order chi connectivity index (χ0) is 15.9. The molecule has 0 spiro atoms. The van der Waals surface area contributed by atoms with Crippen molar-refractivity contribution in [3.63, 3.8) is 0 Å². The van der Waals surface area contributed by atoms with Gasteiger partial charge in [-0.1, -0.05) is 0 Å². The minimum atomic E-state index is -1.05. The summed E-state index contributed by atoms with van der Waals surface area (Å²) in [4.78, 5) is 11.1. The Morgan fingerprint density at radius 2 is 2.09 bits per heavy atom. The Labute approximate surface area is 135 Å². The lowest BCUT2D eigenvalue weighted by atomic mass is 10.0. The summed E-state index contributed by atoms with van der Waals surface area (Å²) >= 11 is 3.54. The number of aryl methyl sites for hydroxylation is 1. The third-order valence-electron chi connectivity index (χ3n) is 3.58. The van der Waals surface area contributed by atoms with Crippen molar-refractivity contribution in [2.75, 3.05) is 13.2 Å². The lowest BCUT2D eigenvalue weighted by molar-refractivity contribution is 0.0689. The van der Waals surface area contributed by atoms with Crippen LogP contribution in [-0.2, 0) is 7.05 Å². The van der Waals surface area contributed by atoms with Crippen LogP contribution >= 0.6 is 15.9 Å². The molecule has 7 heteroatoms. The summed E-state index contributed by atoms with van der Waals surface area (Å²) in [6.07, 6.45) is 0.829.